The number of carboxylic acids is 1. The number of ether oxygens (including phenoxy) is 1. The van der Waals surface area contributed by atoms with Crippen LogP contribution < -0.4 is 9.80 Å². The van der Waals surface area contributed by atoms with E-state index in [1.54, 1.807) is 12.1 Å². The Morgan fingerprint density at radius 3 is 2.64 bits per heavy atom. The van der Waals surface area contributed by atoms with Crippen molar-refractivity contribution in [2.45, 2.75) is 38.3 Å². The van der Waals surface area contributed by atoms with E-state index < -0.39 is 17.1 Å². The number of anilines is 2. The van der Waals surface area contributed by atoms with Crippen LogP contribution in [0.15, 0.2) is 48.5 Å². The highest BCUT2D eigenvalue weighted by atomic mass is 16.6. The molecule has 0 aromatic heterocycles. The lowest BCUT2D eigenvalue weighted by Crippen LogP contribution is -2.51. The van der Waals surface area contributed by atoms with E-state index in [2.05, 4.69) is 24.8 Å². The quantitative estimate of drug-likeness (QED) is 0.468. The maximum atomic E-state index is 11.3. The van der Waals surface area contributed by atoms with E-state index in [-0.39, 0.29) is 17.0 Å². The number of non-ortho nitro benzene ring substituents is 1. The predicted octanol–water partition coefficient (Wildman–Crippen LogP) is 4.43. The van der Waals surface area contributed by atoms with Crippen LogP contribution in [0.3, 0.4) is 0 Å². The molecule has 2 aromatic carbocycles. The third-order valence-electron chi connectivity index (χ3n) is 6.83. The van der Waals surface area contributed by atoms with Gasteiger partial charge in [-0.1, -0.05) is 32.1 Å². The highest BCUT2D eigenvalue weighted by Crippen LogP contribution is 2.55. The molecule has 2 heterocycles. The van der Waals surface area contributed by atoms with Gasteiger partial charge in [-0.15, -0.1) is 0 Å². The lowest BCUT2D eigenvalue weighted by molar-refractivity contribution is -0.384. The fourth-order valence-electron chi connectivity index (χ4n) is 4.97. The summed E-state index contributed by atoms with van der Waals surface area (Å²) in [5.74, 6) is -0.807. The Hall–Kier alpha value is -3.39. The van der Waals surface area contributed by atoms with Gasteiger partial charge in [-0.3, -0.25) is 14.9 Å². The van der Waals surface area contributed by atoms with Crippen LogP contribution in [0, 0.1) is 10.1 Å². The number of rotatable bonds is 8. The third kappa shape index (κ3) is 3.84. The Labute approximate surface area is 193 Å². The van der Waals surface area contributed by atoms with Crippen LogP contribution in [-0.2, 0) is 14.9 Å². The molecule has 0 radical (unpaired) electrons. The van der Waals surface area contributed by atoms with Crippen molar-refractivity contribution in [3.05, 3.63) is 69.8 Å². The van der Waals surface area contributed by atoms with Crippen molar-refractivity contribution < 1.29 is 19.6 Å². The number of nitro benzene ring substituents is 1. The second-order valence-electron chi connectivity index (χ2n) is 8.93. The molecule has 0 spiro atoms. The second-order valence-corrected chi connectivity index (χ2v) is 8.93. The van der Waals surface area contributed by atoms with Crippen LogP contribution in [0.2, 0.25) is 0 Å². The molecule has 8 nitrogen and oxygen atoms in total. The molecule has 2 aliphatic rings. The summed E-state index contributed by atoms with van der Waals surface area (Å²) in [4.78, 5) is 26.1. The molecule has 1 N–H and O–H groups in total. The summed E-state index contributed by atoms with van der Waals surface area (Å²) in [5.41, 5.74) is 2.73. The summed E-state index contributed by atoms with van der Waals surface area (Å²) in [6, 6.07) is 13.0. The summed E-state index contributed by atoms with van der Waals surface area (Å²) < 4.78 is 6.32. The first-order valence-corrected chi connectivity index (χ1v) is 11.2. The van der Waals surface area contributed by atoms with Crippen molar-refractivity contribution in [1.82, 2.24) is 0 Å². The largest absolute Gasteiger partial charge is 0.481 e. The summed E-state index contributed by atoms with van der Waals surface area (Å²) in [6.07, 6.45) is 4.18. The molecule has 33 heavy (non-hydrogen) atoms. The van der Waals surface area contributed by atoms with Crippen LogP contribution in [0.5, 0.6) is 0 Å². The summed E-state index contributed by atoms with van der Waals surface area (Å²) in [7, 11) is 0. The molecular weight excluding hydrogens is 422 g/mol. The monoisotopic (exact) mass is 451 g/mol. The predicted molar refractivity (Wildman–Crippen MR) is 128 cm³/mol. The van der Waals surface area contributed by atoms with Gasteiger partial charge in [0.25, 0.3) is 5.69 Å². The fraction of sp³-hybridized carbons (Fsp3) is 0.400. The summed E-state index contributed by atoms with van der Waals surface area (Å²) in [5, 5.41) is 20.3. The number of hydrogen-bond donors (Lipinski definition) is 1. The van der Waals surface area contributed by atoms with E-state index in [0.717, 1.165) is 29.0 Å². The average Bonchev–Trinajstić information content (AvgIpc) is 3.30. The molecule has 0 bridgehead atoms. The zero-order valence-corrected chi connectivity index (χ0v) is 19.2. The molecule has 1 unspecified atom stereocenters. The Morgan fingerprint density at radius 2 is 2.00 bits per heavy atom. The smallest absolute Gasteiger partial charge is 0.305 e. The first-order chi connectivity index (χ1) is 15.7. The van der Waals surface area contributed by atoms with Crippen LogP contribution in [0.25, 0.3) is 6.08 Å². The van der Waals surface area contributed by atoms with E-state index in [1.165, 1.54) is 0 Å². The van der Waals surface area contributed by atoms with Crippen molar-refractivity contribution in [3.63, 3.8) is 0 Å². The number of nitro groups is 1. The van der Waals surface area contributed by atoms with Crippen molar-refractivity contribution >= 4 is 29.1 Å². The molecule has 0 amide bonds. The van der Waals surface area contributed by atoms with Gasteiger partial charge in [0.2, 0.25) is 0 Å². The van der Waals surface area contributed by atoms with E-state index in [9.17, 15) is 14.9 Å². The highest BCUT2D eigenvalue weighted by Gasteiger charge is 2.59. The standard InChI is InChI=1S/C25H29N3O5/c1-4-26(14-12-23(29)30)19-7-5-18(6-8-19)11-13-25-24(2,3)21-17-20(28(31)32)9-10-22(21)27(25)15-16-33-25/h5-11,13,17H,4,12,14-16H2,1-3H3,(H,29,30)/b13-11+. The molecular formula is C25H29N3O5. The van der Waals surface area contributed by atoms with Crippen LogP contribution in [-0.4, -0.2) is 48.0 Å². The SMILES string of the molecule is CCN(CCC(=O)O)c1ccc(/C=C/C23OCCN2c2ccc([N+](=O)[O-])cc2C3(C)C)cc1. The van der Waals surface area contributed by atoms with Gasteiger partial charge < -0.3 is 19.6 Å². The van der Waals surface area contributed by atoms with E-state index in [0.29, 0.717) is 19.7 Å². The van der Waals surface area contributed by atoms with Crippen molar-refractivity contribution in [3.8, 4) is 0 Å². The molecule has 1 fully saturated rings. The highest BCUT2D eigenvalue weighted by molar-refractivity contribution is 5.72. The fourth-order valence-corrected chi connectivity index (χ4v) is 4.97. The first-order valence-electron chi connectivity index (χ1n) is 11.2. The molecule has 1 saturated heterocycles. The molecule has 1 atom stereocenters. The molecule has 174 valence electrons. The maximum absolute atomic E-state index is 11.3. The van der Waals surface area contributed by atoms with Gasteiger partial charge in [0.05, 0.1) is 18.0 Å². The van der Waals surface area contributed by atoms with Gasteiger partial charge in [0.15, 0.2) is 5.72 Å². The number of carboxylic acid groups (broad SMARTS) is 1. The van der Waals surface area contributed by atoms with Crippen molar-refractivity contribution in [2.24, 2.45) is 0 Å². The Balaban J connectivity index is 1.61. The lowest BCUT2D eigenvalue weighted by atomic mass is 9.77. The molecule has 8 heteroatoms. The Bertz CT molecular complexity index is 1100. The molecule has 4 rings (SSSR count). The molecule has 0 aliphatic carbocycles. The summed E-state index contributed by atoms with van der Waals surface area (Å²) >= 11 is 0. The molecule has 0 saturated carbocycles. The maximum Gasteiger partial charge on any atom is 0.305 e. The minimum absolute atomic E-state index is 0.0843. The minimum Gasteiger partial charge on any atom is -0.481 e. The zero-order chi connectivity index (χ0) is 23.8. The van der Waals surface area contributed by atoms with Gasteiger partial charge in [0, 0.05) is 48.6 Å². The van der Waals surface area contributed by atoms with Gasteiger partial charge in [-0.2, -0.15) is 0 Å². The van der Waals surface area contributed by atoms with Crippen LogP contribution in [0.4, 0.5) is 17.1 Å². The van der Waals surface area contributed by atoms with E-state index in [1.807, 2.05) is 48.2 Å². The topological polar surface area (TPSA) is 96.2 Å². The Morgan fingerprint density at radius 1 is 1.27 bits per heavy atom. The first kappa shape index (κ1) is 22.8. The number of benzene rings is 2. The number of carbonyl (C=O) groups is 1. The minimum atomic E-state index is -0.807. The number of aliphatic carboxylic acids is 1. The number of fused-ring (bicyclic) bond motifs is 3. The summed E-state index contributed by atoms with van der Waals surface area (Å²) in [6.45, 7) is 8.63. The van der Waals surface area contributed by atoms with Gasteiger partial charge in [0.1, 0.15) is 0 Å². The zero-order valence-electron chi connectivity index (χ0n) is 19.2. The van der Waals surface area contributed by atoms with E-state index in [4.69, 9.17) is 9.84 Å². The third-order valence-corrected chi connectivity index (χ3v) is 6.83. The lowest BCUT2D eigenvalue weighted by Gasteiger charge is -2.39. The molecule has 2 aliphatic heterocycles. The average molecular weight is 452 g/mol. The van der Waals surface area contributed by atoms with Gasteiger partial charge >= 0.3 is 5.97 Å². The van der Waals surface area contributed by atoms with Gasteiger partial charge in [-0.25, -0.2) is 0 Å². The van der Waals surface area contributed by atoms with Crippen molar-refractivity contribution in [2.75, 3.05) is 36.0 Å². The Kier molecular flexibility index (Phi) is 5.88. The number of hydrogen-bond acceptors (Lipinski definition) is 6. The van der Waals surface area contributed by atoms with Crippen molar-refractivity contribution in [1.29, 1.82) is 0 Å². The van der Waals surface area contributed by atoms with Gasteiger partial charge in [-0.05, 0) is 42.3 Å². The normalized spacial score (nSPS) is 20.6. The van der Waals surface area contributed by atoms with E-state index >= 15 is 0 Å². The van der Waals surface area contributed by atoms with Crippen LogP contribution in [0.1, 0.15) is 38.3 Å². The van der Waals surface area contributed by atoms with Crippen LogP contribution >= 0.6 is 0 Å². The number of nitrogens with zero attached hydrogens (tertiary/aromatic N) is 3. The second kappa shape index (κ2) is 8.51. The molecule has 2 aromatic rings.